The Labute approximate surface area is 148 Å². The Morgan fingerprint density at radius 3 is 2.79 bits per heavy atom. The zero-order chi connectivity index (χ0) is 16.8. The van der Waals surface area contributed by atoms with Gasteiger partial charge in [-0.05, 0) is 37.5 Å². The number of ketones is 1. The molecule has 1 N–H and O–H groups in total. The first-order valence-electron chi connectivity index (χ1n) is 7.83. The van der Waals surface area contributed by atoms with Crippen LogP contribution in [0.1, 0.15) is 37.7 Å². The molecule has 6 heteroatoms. The maximum Gasteiger partial charge on any atom is 0.231 e. The number of allylic oxidation sites excluding steroid dienone is 4. The Morgan fingerprint density at radius 1 is 1.29 bits per heavy atom. The van der Waals surface area contributed by atoms with Gasteiger partial charge in [0.1, 0.15) is 0 Å². The van der Waals surface area contributed by atoms with E-state index >= 15 is 0 Å². The van der Waals surface area contributed by atoms with Crippen molar-refractivity contribution in [1.29, 1.82) is 5.26 Å². The highest BCUT2D eigenvalue weighted by molar-refractivity contribution is 9.10. The molecule has 24 heavy (non-hydrogen) atoms. The van der Waals surface area contributed by atoms with Crippen molar-refractivity contribution >= 4 is 21.7 Å². The number of halogens is 1. The van der Waals surface area contributed by atoms with Crippen molar-refractivity contribution in [2.45, 2.75) is 32.1 Å². The average Bonchev–Trinajstić information content (AvgIpc) is 3.00. The molecule has 4 rings (SSSR count). The molecule has 0 saturated heterocycles. The number of nitrogens with zero attached hydrogens (tertiary/aromatic N) is 1. The SMILES string of the molecule is CC1=C(C#N)[C@@H](c2cc3c(cc2Br)OCO3)C2=C(CCCC2=O)N1. The van der Waals surface area contributed by atoms with E-state index in [-0.39, 0.29) is 18.5 Å². The number of rotatable bonds is 1. The minimum absolute atomic E-state index is 0.110. The van der Waals surface area contributed by atoms with E-state index in [4.69, 9.17) is 9.47 Å². The fourth-order valence-corrected chi connectivity index (χ4v) is 4.15. The minimum Gasteiger partial charge on any atom is -0.454 e. The maximum absolute atomic E-state index is 12.6. The summed E-state index contributed by atoms with van der Waals surface area (Å²) < 4.78 is 11.7. The number of hydrogen-bond acceptors (Lipinski definition) is 5. The van der Waals surface area contributed by atoms with E-state index in [9.17, 15) is 10.1 Å². The smallest absolute Gasteiger partial charge is 0.231 e. The van der Waals surface area contributed by atoms with Gasteiger partial charge >= 0.3 is 0 Å². The molecular weight excluding hydrogens is 372 g/mol. The molecule has 1 aromatic rings. The van der Waals surface area contributed by atoms with Crippen molar-refractivity contribution in [2.24, 2.45) is 0 Å². The van der Waals surface area contributed by atoms with Crippen LogP contribution in [0.3, 0.4) is 0 Å². The van der Waals surface area contributed by atoms with E-state index in [1.165, 1.54) is 0 Å². The van der Waals surface area contributed by atoms with Gasteiger partial charge in [0, 0.05) is 27.9 Å². The molecular formula is C18H15BrN2O3. The standard InChI is InChI=1S/C18H15BrN2O3/c1-9-11(7-20)17(18-13(21-9)3-2-4-14(18)22)10-5-15-16(6-12(10)19)24-8-23-15/h5-6,17,21H,2-4,8H2,1H3/t17-/m1/s1. The van der Waals surface area contributed by atoms with Crippen LogP contribution in [0.15, 0.2) is 39.1 Å². The summed E-state index contributed by atoms with van der Waals surface area (Å²) in [4.78, 5) is 12.6. The lowest BCUT2D eigenvalue weighted by atomic mass is 9.75. The van der Waals surface area contributed by atoms with Crippen molar-refractivity contribution in [2.75, 3.05) is 6.79 Å². The molecule has 0 spiro atoms. The largest absolute Gasteiger partial charge is 0.454 e. The molecule has 0 aromatic heterocycles. The second-order valence-electron chi connectivity index (χ2n) is 6.10. The highest BCUT2D eigenvalue weighted by Gasteiger charge is 2.37. The fourth-order valence-electron chi connectivity index (χ4n) is 3.60. The lowest BCUT2D eigenvalue weighted by Crippen LogP contribution is -2.31. The van der Waals surface area contributed by atoms with E-state index in [2.05, 4.69) is 27.3 Å². The number of dihydropyridines is 1. The summed E-state index contributed by atoms with van der Waals surface area (Å²) in [6.45, 7) is 2.07. The number of fused-ring (bicyclic) bond motifs is 1. The summed E-state index contributed by atoms with van der Waals surface area (Å²) in [6.07, 6.45) is 2.20. The highest BCUT2D eigenvalue weighted by atomic mass is 79.9. The fraction of sp³-hybridized carbons (Fsp3) is 0.333. The second kappa shape index (κ2) is 5.67. The molecule has 2 aliphatic heterocycles. The quantitative estimate of drug-likeness (QED) is 0.796. The molecule has 122 valence electrons. The Morgan fingerprint density at radius 2 is 2.04 bits per heavy atom. The zero-order valence-electron chi connectivity index (χ0n) is 13.1. The van der Waals surface area contributed by atoms with Crippen molar-refractivity contribution in [3.05, 3.63) is 44.7 Å². The monoisotopic (exact) mass is 386 g/mol. The first-order valence-corrected chi connectivity index (χ1v) is 8.62. The minimum atomic E-state index is -0.372. The molecule has 1 aromatic carbocycles. The average molecular weight is 387 g/mol. The number of nitrogens with one attached hydrogen (secondary N) is 1. The first kappa shape index (κ1) is 15.3. The molecule has 2 heterocycles. The van der Waals surface area contributed by atoms with Crippen LogP contribution < -0.4 is 14.8 Å². The van der Waals surface area contributed by atoms with Crippen LogP contribution in [0.5, 0.6) is 11.5 Å². The van der Waals surface area contributed by atoms with E-state index in [1.807, 2.05) is 19.1 Å². The first-order chi connectivity index (χ1) is 11.6. The van der Waals surface area contributed by atoms with E-state index in [0.717, 1.165) is 34.3 Å². The maximum atomic E-state index is 12.6. The van der Waals surface area contributed by atoms with Crippen molar-refractivity contribution < 1.29 is 14.3 Å². The summed E-state index contributed by atoms with van der Waals surface area (Å²) in [5, 5.41) is 13.0. The van der Waals surface area contributed by atoms with Gasteiger partial charge in [0.05, 0.1) is 17.6 Å². The molecule has 0 unspecified atom stereocenters. The van der Waals surface area contributed by atoms with Gasteiger partial charge < -0.3 is 14.8 Å². The molecule has 5 nitrogen and oxygen atoms in total. The van der Waals surface area contributed by atoms with Crippen LogP contribution in [-0.2, 0) is 4.79 Å². The van der Waals surface area contributed by atoms with Gasteiger partial charge in [0.2, 0.25) is 6.79 Å². The van der Waals surface area contributed by atoms with Gasteiger partial charge in [-0.25, -0.2) is 0 Å². The van der Waals surface area contributed by atoms with Crippen molar-refractivity contribution in [3.8, 4) is 17.6 Å². The van der Waals surface area contributed by atoms with Crippen LogP contribution in [0, 0.1) is 11.3 Å². The van der Waals surface area contributed by atoms with Gasteiger partial charge in [0.25, 0.3) is 0 Å². The topological polar surface area (TPSA) is 71.3 Å². The highest BCUT2D eigenvalue weighted by Crippen LogP contribution is 2.47. The normalized spacial score (nSPS) is 22.2. The zero-order valence-corrected chi connectivity index (χ0v) is 14.7. The Balaban J connectivity index is 1.93. The Bertz CT molecular complexity index is 864. The third kappa shape index (κ3) is 2.23. The number of nitriles is 1. The predicted molar refractivity (Wildman–Crippen MR) is 90.3 cm³/mol. The molecule has 0 bridgehead atoms. The summed E-state index contributed by atoms with van der Waals surface area (Å²) in [5.41, 5.74) is 3.89. The number of carbonyl (C=O) groups excluding carboxylic acids is 1. The van der Waals surface area contributed by atoms with Crippen LogP contribution in [-0.4, -0.2) is 12.6 Å². The molecule has 0 amide bonds. The number of benzene rings is 1. The van der Waals surface area contributed by atoms with Crippen LogP contribution in [0.25, 0.3) is 0 Å². The number of ether oxygens (including phenoxy) is 2. The molecule has 1 atom stereocenters. The summed E-state index contributed by atoms with van der Waals surface area (Å²) in [6, 6.07) is 6.01. The van der Waals surface area contributed by atoms with Crippen molar-refractivity contribution in [3.63, 3.8) is 0 Å². The van der Waals surface area contributed by atoms with E-state index in [0.29, 0.717) is 29.1 Å². The molecule has 0 saturated carbocycles. The molecule has 0 fully saturated rings. The van der Waals surface area contributed by atoms with Gasteiger partial charge in [-0.2, -0.15) is 5.26 Å². The van der Waals surface area contributed by atoms with Gasteiger partial charge in [-0.15, -0.1) is 0 Å². The Kier molecular flexibility index (Phi) is 3.61. The number of hydrogen-bond donors (Lipinski definition) is 1. The third-order valence-electron chi connectivity index (χ3n) is 4.70. The predicted octanol–water partition coefficient (Wildman–Crippen LogP) is 3.67. The molecule has 0 radical (unpaired) electrons. The summed E-state index contributed by atoms with van der Waals surface area (Å²) in [5.74, 6) is 1.05. The molecule has 1 aliphatic carbocycles. The van der Waals surface area contributed by atoms with Crippen molar-refractivity contribution in [1.82, 2.24) is 5.32 Å². The van der Waals surface area contributed by atoms with E-state index < -0.39 is 0 Å². The second-order valence-corrected chi connectivity index (χ2v) is 6.96. The van der Waals surface area contributed by atoms with Crippen LogP contribution in [0.2, 0.25) is 0 Å². The van der Waals surface area contributed by atoms with Gasteiger partial charge in [-0.1, -0.05) is 15.9 Å². The van der Waals surface area contributed by atoms with Crippen LogP contribution >= 0.6 is 15.9 Å². The van der Waals surface area contributed by atoms with Gasteiger partial charge in [0.15, 0.2) is 17.3 Å². The number of carbonyl (C=O) groups is 1. The molecule has 3 aliphatic rings. The van der Waals surface area contributed by atoms with Gasteiger partial charge in [-0.3, -0.25) is 4.79 Å². The summed E-state index contributed by atoms with van der Waals surface area (Å²) >= 11 is 3.58. The Hall–Kier alpha value is -2.26. The lowest BCUT2D eigenvalue weighted by Gasteiger charge is -2.33. The summed E-state index contributed by atoms with van der Waals surface area (Å²) in [7, 11) is 0. The third-order valence-corrected chi connectivity index (χ3v) is 5.39. The van der Waals surface area contributed by atoms with Crippen LogP contribution in [0.4, 0.5) is 0 Å². The lowest BCUT2D eigenvalue weighted by molar-refractivity contribution is -0.116. The van der Waals surface area contributed by atoms with E-state index in [1.54, 1.807) is 0 Å². The number of Topliss-reactive ketones (excluding diaryl/α,β-unsaturated/α-hetero) is 1.